The second kappa shape index (κ2) is 6.52. The van der Waals surface area contributed by atoms with Crippen molar-refractivity contribution in [2.45, 2.75) is 17.7 Å². The number of anilines is 2. The average molecular weight is 346 g/mol. The number of hydrogen-bond acceptors (Lipinski definition) is 4. The highest BCUT2D eigenvalue weighted by Crippen LogP contribution is 2.25. The Morgan fingerprint density at radius 2 is 1.75 bits per heavy atom. The van der Waals surface area contributed by atoms with Gasteiger partial charge in [0.05, 0.1) is 16.1 Å². The maximum absolute atomic E-state index is 12.5. The number of hydrogen-bond donors (Lipinski definition) is 2. The molecule has 3 rings (SSSR count). The van der Waals surface area contributed by atoms with Crippen LogP contribution < -0.4 is 9.62 Å². The zero-order valence-electron chi connectivity index (χ0n) is 13.0. The van der Waals surface area contributed by atoms with Crippen molar-refractivity contribution >= 4 is 27.4 Å². The summed E-state index contributed by atoms with van der Waals surface area (Å²) in [5.41, 5.74) is 1.37. The molecule has 7 heteroatoms. The molecule has 1 heterocycles. The van der Waals surface area contributed by atoms with Crippen LogP contribution in [0.25, 0.3) is 0 Å². The molecule has 1 fully saturated rings. The van der Waals surface area contributed by atoms with E-state index < -0.39 is 16.0 Å². The quantitative estimate of drug-likeness (QED) is 0.869. The molecule has 0 unspecified atom stereocenters. The van der Waals surface area contributed by atoms with Gasteiger partial charge < -0.3 is 10.0 Å². The van der Waals surface area contributed by atoms with Gasteiger partial charge in [-0.2, -0.15) is 0 Å². The maximum atomic E-state index is 12.5. The monoisotopic (exact) mass is 346 g/mol. The molecule has 2 aromatic rings. The molecule has 0 aromatic heterocycles. The lowest BCUT2D eigenvalue weighted by atomic mass is 10.2. The molecule has 1 saturated heterocycles. The smallest absolute Gasteiger partial charge is 0.335 e. The van der Waals surface area contributed by atoms with Crippen molar-refractivity contribution in [1.82, 2.24) is 0 Å². The van der Waals surface area contributed by atoms with Crippen molar-refractivity contribution < 1.29 is 18.3 Å². The highest BCUT2D eigenvalue weighted by molar-refractivity contribution is 7.92. The van der Waals surface area contributed by atoms with Gasteiger partial charge in [0.15, 0.2) is 0 Å². The summed E-state index contributed by atoms with van der Waals surface area (Å²) < 4.78 is 27.5. The fraction of sp³-hybridized carbons (Fsp3) is 0.235. The number of carboxylic acids is 1. The van der Waals surface area contributed by atoms with Gasteiger partial charge in [-0.05, 0) is 49.2 Å². The maximum Gasteiger partial charge on any atom is 0.335 e. The topological polar surface area (TPSA) is 86.7 Å². The molecule has 0 radical (unpaired) electrons. The third kappa shape index (κ3) is 3.51. The minimum atomic E-state index is -3.84. The number of nitrogens with zero attached hydrogens (tertiary/aromatic N) is 1. The number of carbonyl (C=O) groups is 1. The molecule has 0 atom stereocenters. The first kappa shape index (κ1) is 16.3. The Morgan fingerprint density at radius 1 is 1.04 bits per heavy atom. The predicted octanol–water partition coefficient (Wildman–Crippen LogP) is 2.79. The molecular weight excluding hydrogens is 328 g/mol. The van der Waals surface area contributed by atoms with Crippen LogP contribution in [-0.2, 0) is 10.0 Å². The van der Waals surface area contributed by atoms with Crippen LogP contribution in [0, 0.1) is 0 Å². The van der Waals surface area contributed by atoms with E-state index in [0.29, 0.717) is 5.69 Å². The van der Waals surface area contributed by atoms with Crippen LogP contribution >= 0.6 is 0 Å². The zero-order chi connectivity index (χ0) is 17.2. The van der Waals surface area contributed by atoms with E-state index in [0.717, 1.165) is 37.7 Å². The Labute approximate surface area is 140 Å². The van der Waals surface area contributed by atoms with E-state index in [4.69, 9.17) is 5.11 Å². The molecule has 0 bridgehead atoms. The van der Waals surface area contributed by atoms with Crippen molar-refractivity contribution in [3.8, 4) is 0 Å². The van der Waals surface area contributed by atoms with Gasteiger partial charge >= 0.3 is 5.97 Å². The van der Waals surface area contributed by atoms with Crippen molar-refractivity contribution in [3.63, 3.8) is 0 Å². The summed E-state index contributed by atoms with van der Waals surface area (Å²) in [6.07, 6.45) is 2.27. The van der Waals surface area contributed by atoms with Gasteiger partial charge in [-0.25, -0.2) is 13.2 Å². The molecule has 1 aliphatic heterocycles. The highest BCUT2D eigenvalue weighted by atomic mass is 32.2. The van der Waals surface area contributed by atoms with E-state index >= 15 is 0 Å². The van der Waals surface area contributed by atoms with E-state index in [9.17, 15) is 13.2 Å². The summed E-state index contributed by atoms with van der Waals surface area (Å²) in [6.45, 7) is 1.94. The summed E-state index contributed by atoms with van der Waals surface area (Å²) in [5.74, 6) is -1.16. The van der Waals surface area contributed by atoms with Crippen LogP contribution in [0.15, 0.2) is 53.4 Å². The van der Waals surface area contributed by atoms with Gasteiger partial charge in [0.2, 0.25) is 0 Å². The van der Waals surface area contributed by atoms with E-state index in [1.807, 2.05) is 6.07 Å². The van der Waals surface area contributed by atoms with Crippen LogP contribution in [0.5, 0.6) is 0 Å². The molecule has 0 amide bonds. The third-order valence-electron chi connectivity index (χ3n) is 3.96. The van der Waals surface area contributed by atoms with Crippen LogP contribution in [0.4, 0.5) is 11.4 Å². The van der Waals surface area contributed by atoms with Crippen molar-refractivity contribution in [2.24, 2.45) is 0 Å². The molecule has 0 aliphatic carbocycles. The van der Waals surface area contributed by atoms with Crippen molar-refractivity contribution in [3.05, 3.63) is 54.1 Å². The van der Waals surface area contributed by atoms with Gasteiger partial charge in [0, 0.05) is 18.8 Å². The third-order valence-corrected chi connectivity index (χ3v) is 5.34. The second-order valence-corrected chi connectivity index (χ2v) is 7.37. The number of rotatable bonds is 5. The molecule has 0 saturated carbocycles. The number of aromatic carboxylic acids is 1. The summed E-state index contributed by atoms with van der Waals surface area (Å²) >= 11 is 0. The van der Waals surface area contributed by atoms with E-state index in [1.165, 1.54) is 18.2 Å². The number of sulfonamides is 1. The van der Waals surface area contributed by atoms with Crippen molar-refractivity contribution in [2.75, 3.05) is 22.7 Å². The first-order valence-electron chi connectivity index (χ1n) is 7.67. The first-order chi connectivity index (χ1) is 11.5. The lowest BCUT2D eigenvalue weighted by Gasteiger charge is -2.18. The Hall–Kier alpha value is -2.54. The number of carboxylic acid groups (broad SMARTS) is 1. The summed E-state index contributed by atoms with van der Waals surface area (Å²) in [6, 6.07) is 12.5. The summed E-state index contributed by atoms with van der Waals surface area (Å²) in [7, 11) is -3.84. The summed E-state index contributed by atoms with van der Waals surface area (Å²) in [4.78, 5) is 13.1. The van der Waals surface area contributed by atoms with E-state index in [2.05, 4.69) is 9.62 Å². The normalized spacial score (nSPS) is 14.6. The minimum Gasteiger partial charge on any atom is -0.478 e. The van der Waals surface area contributed by atoms with Crippen LogP contribution in [0.2, 0.25) is 0 Å². The SMILES string of the molecule is O=C(O)c1cccc(S(=O)(=O)Nc2cccc(N3CCCC3)c2)c1. The summed E-state index contributed by atoms with van der Waals surface area (Å²) in [5, 5.41) is 9.00. The molecule has 0 spiro atoms. The minimum absolute atomic E-state index is 0.0660. The molecule has 126 valence electrons. The van der Waals surface area contributed by atoms with E-state index in [-0.39, 0.29) is 10.5 Å². The Balaban J connectivity index is 1.85. The van der Waals surface area contributed by atoms with Gasteiger partial charge in [-0.15, -0.1) is 0 Å². The Morgan fingerprint density at radius 3 is 2.46 bits per heavy atom. The standard InChI is InChI=1S/C17H18N2O4S/c20-17(21)13-5-3-8-16(11-13)24(22,23)18-14-6-4-7-15(12-14)19-9-1-2-10-19/h3-8,11-12,18H,1-2,9-10H2,(H,20,21). The molecule has 2 N–H and O–H groups in total. The highest BCUT2D eigenvalue weighted by Gasteiger charge is 2.17. The van der Waals surface area contributed by atoms with E-state index in [1.54, 1.807) is 18.2 Å². The Bertz CT molecular complexity index is 858. The molecule has 2 aromatic carbocycles. The van der Waals surface area contributed by atoms with Gasteiger partial charge in [0.1, 0.15) is 0 Å². The second-order valence-electron chi connectivity index (χ2n) is 5.68. The Kier molecular flexibility index (Phi) is 4.44. The zero-order valence-corrected chi connectivity index (χ0v) is 13.8. The first-order valence-corrected chi connectivity index (χ1v) is 9.15. The fourth-order valence-electron chi connectivity index (χ4n) is 2.75. The van der Waals surface area contributed by atoms with Gasteiger partial charge in [0.25, 0.3) is 10.0 Å². The molecule has 6 nitrogen and oxygen atoms in total. The molecular formula is C17H18N2O4S. The molecule has 1 aliphatic rings. The average Bonchev–Trinajstić information content (AvgIpc) is 3.09. The fourth-order valence-corrected chi connectivity index (χ4v) is 3.85. The van der Waals surface area contributed by atoms with Gasteiger partial charge in [-0.3, -0.25) is 4.72 Å². The number of benzene rings is 2. The lowest BCUT2D eigenvalue weighted by Crippen LogP contribution is -2.18. The largest absolute Gasteiger partial charge is 0.478 e. The lowest BCUT2D eigenvalue weighted by molar-refractivity contribution is 0.0696. The molecule has 24 heavy (non-hydrogen) atoms. The van der Waals surface area contributed by atoms with Crippen LogP contribution in [-0.4, -0.2) is 32.6 Å². The van der Waals surface area contributed by atoms with Crippen molar-refractivity contribution in [1.29, 1.82) is 0 Å². The number of nitrogens with one attached hydrogen (secondary N) is 1. The van der Waals surface area contributed by atoms with Gasteiger partial charge in [-0.1, -0.05) is 12.1 Å². The van der Waals surface area contributed by atoms with Crippen LogP contribution in [0.1, 0.15) is 23.2 Å². The predicted molar refractivity (Wildman–Crippen MR) is 92.1 cm³/mol. The van der Waals surface area contributed by atoms with Crippen LogP contribution in [0.3, 0.4) is 0 Å².